The summed E-state index contributed by atoms with van der Waals surface area (Å²) in [4.78, 5) is 13.0. The van der Waals surface area contributed by atoms with Gasteiger partial charge in [-0.2, -0.15) is 0 Å². The minimum absolute atomic E-state index is 0.0544. The molecule has 0 aromatic carbocycles. The molecule has 0 radical (unpaired) electrons. The van der Waals surface area contributed by atoms with E-state index < -0.39 is 0 Å². The molecule has 12 heavy (non-hydrogen) atoms. The molecule has 0 heterocycles. The van der Waals surface area contributed by atoms with Gasteiger partial charge in [0, 0.05) is 19.5 Å². The van der Waals surface area contributed by atoms with Gasteiger partial charge in [-0.15, -0.1) is 0 Å². The van der Waals surface area contributed by atoms with E-state index in [9.17, 15) is 4.79 Å². The van der Waals surface area contributed by atoms with Gasteiger partial charge < -0.3 is 10.2 Å². The maximum atomic E-state index is 11.4. The van der Waals surface area contributed by atoms with Crippen molar-refractivity contribution in [3.8, 4) is 0 Å². The number of carbonyl (C=O) groups is 1. The van der Waals surface area contributed by atoms with Crippen LogP contribution in [0.3, 0.4) is 0 Å². The van der Waals surface area contributed by atoms with Crippen LogP contribution in [-0.4, -0.2) is 30.0 Å². The molecule has 4 heteroatoms. The van der Waals surface area contributed by atoms with E-state index in [4.69, 9.17) is 12.2 Å². The van der Waals surface area contributed by atoms with Crippen LogP contribution in [0.1, 0.15) is 20.8 Å². The number of nitrogens with zero attached hydrogens (tertiary/aromatic N) is 1. The van der Waals surface area contributed by atoms with Crippen LogP contribution < -0.4 is 5.32 Å². The summed E-state index contributed by atoms with van der Waals surface area (Å²) < 4.78 is 0. The first-order chi connectivity index (χ1) is 5.25. The summed E-state index contributed by atoms with van der Waals surface area (Å²) in [6, 6.07) is 0. The Morgan fingerprint density at radius 2 is 1.75 bits per heavy atom. The highest BCUT2D eigenvalue weighted by Gasteiger charge is 2.22. The Hall–Kier alpha value is -0.640. The Bertz CT molecular complexity index is 194. The fourth-order valence-electron chi connectivity index (χ4n) is 0.396. The molecule has 0 unspecified atom stereocenters. The van der Waals surface area contributed by atoms with Crippen LogP contribution in [0, 0.1) is 5.41 Å². The number of rotatable bonds is 0. The molecule has 0 aliphatic rings. The molecule has 1 amide bonds. The number of hydrogen-bond donors (Lipinski definition) is 1. The molecule has 0 spiro atoms. The lowest BCUT2D eigenvalue weighted by atomic mass is 9.96. The normalized spacial score (nSPS) is 10.8. The zero-order valence-corrected chi connectivity index (χ0v) is 9.08. The van der Waals surface area contributed by atoms with Crippen LogP contribution in [0.25, 0.3) is 0 Å². The molecule has 0 fully saturated rings. The van der Waals surface area contributed by atoms with Crippen molar-refractivity contribution in [2.45, 2.75) is 20.8 Å². The van der Waals surface area contributed by atoms with Crippen LogP contribution in [0.4, 0.5) is 0 Å². The Labute approximate surface area is 79.1 Å². The number of nitrogens with one attached hydrogen (secondary N) is 1. The average molecular weight is 188 g/mol. The smallest absolute Gasteiger partial charge is 0.231 e. The predicted octanol–water partition coefficient (Wildman–Crippen LogP) is 0.995. The monoisotopic (exact) mass is 188 g/mol. The molecule has 0 bridgehead atoms. The lowest BCUT2D eigenvalue weighted by Gasteiger charge is -2.21. The van der Waals surface area contributed by atoms with Gasteiger partial charge in [0.15, 0.2) is 5.11 Å². The molecule has 70 valence electrons. The second-order valence-corrected chi connectivity index (χ2v) is 4.29. The first kappa shape index (κ1) is 11.4. The zero-order valence-electron chi connectivity index (χ0n) is 8.26. The third kappa shape index (κ3) is 3.67. The second kappa shape index (κ2) is 3.85. The van der Waals surface area contributed by atoms with E-state index in [1.165, 1.54) is 0 Å². The summed E-state index contributed by atoms with van der Waals surface area (Å²) >= 11 is 4.92. The Morgan fingerprint density at radius 3 is 2.00 bits per heavy atom. The van der Waals surface area contributed by atoms with Crippen LogP contribution in [0.2, 0.25) is 0 Å². The molecule has 0 atom stereocenters. The Balaban J connectivity index is 4.12. The highest BCUT2D eigenvalue weighted by atomic mass is 32.1. The van der Waals surface area contributed by atoms with Crippen molar-refractivity contribution >= 4 is 23.2 Å². The number of hydrogen-bond acceptors (Lipinski definition) is 2. The first-order valence-electron chi connectivity index (χ1n) is 3.78. The summed E-state index contributed by atoms with van der Waals surface area (Å²) in [5, 5.41) is 3.09. The molecular formula is C8H16N2OS. The molecule has 0 saturated carbocycles. The van der Waals surface area contributed by atoms with E-state index in [2.05, 4.69) is 5.32 Å². The fourth-order valence-corrected chi connectivity index (χ4v) is 0.489. The van der Waals surface area contributed by atoms with Gasteiger partial charge in [0.1, 0.15) is 0 Å². The van der Waals surface area contributed by atoms with E-state index in [0.717, 1.165) is 0 Å². The molecule has 1 N–H and O–H groups in total. The van der Waals surface area contributed by atoms with Crippen molar-refractivity contribution in [3.05, 3.63) is 0 Å². The Kier molecular flexibility index (Phi) is 3.64. The fraction of sp³-hybridized carbons (Fsp3) is 0.750. The largest absolute Gasteiger partial charge is 0.355 e. The van der Waals surface area contributed by atoms with Crippen LogP contribution >= 0.6 is 12.2 Å². The van der Waals surface area contributed by atoms with Gasteiger partial charge in [0.05, 0.1) is 0 Å². The van der Waals surface area contributed by atoms with Crippen LogP contribution in [-0.2, 0) is 4.79 Å². The first-order valence-corrected chi connectivity index (χ1v) is 4.18. The molecular weight excluding hydrogens is 172 g/mol. The van der Waals surface area contributed by atoms with Crippen molar-refractivity contribution in [3.63, 3.8) is 0 Å². The summed E-state index contributed by atoms with van der Waals surface area (Å²) in [5.41, 5.74) is -0.389. The van der Waals surface area contributed by atoms with Gasteiger partial charge >= 0.3 is 0 Å². The molecule has 0 aliphatic carbocycles. The van der Waals surface area contributed by atoms with E-state index in [1.807, 2.05) is 20.8 Å². The average Bonchev–Trinajstić information content (AvgIpc) is 1.85. The van der Waals surface area contributed by atoms with Gasteiger partial charge in [-0.25, -0.2) is 0 Å². The number of amides is 1. The number of thiocarbonyl (C=S) groups is 1. The van der Waals surface area contributed by atoms with Crippen LogP contribution in [0.15, 0.2) is 0 Å². The van der Waals surface area contributed by atoms with Crippen LogP contribution in [0.5, 0.6) is 0 Å². The van der Waals surface area contributed by atoms with Crippen molar-refractivity contribution < 1.29 is 4.79 Å². The van der Waals surface area contributed by atoms with Gasteiger partial charge in [0.25, 0.3) is 0 Å². The lowest BCUT2D eigenvalue weighted by molar-refractivity contribution is -0.127. The van der Waals surface area contributed by atoms with Gasteiger partial charge in [0.2, 0.25) is 5.91 Å². The summed E-state index contributed by atoms with van der Waals surface area (Å²) in [5.74, 6) is -0.0544. The van der Waals surface area contributed by atoms with Gasteiger partial charge in [-0.05, 0) is 12.2 Å². The topological polar surface area (TPSA) is 32.3 Å². The zero-order chi connectivity index (χ0) is 9.94. The van der Waals surface area contributed by atoms with E-state index in [-0.39, 0.29) is 11.3 Å². The number of carbonyl (C=O) groups excluding carboxylic acids is 1. The van der Waals surface area contributed by atoms with Crippen molar-refractivity contribution in [1.29, 1.82) is 0 Å². The van der Waals surface area contributed by atoms with Gasteiger partial charge in [-0.1, -0.05) is 20.8 Å². The molecule has 0 saturated heterocycles. The maximum absolute atomic E-state index is 11.4. The van der Waals surface area contributed by atoms with Crippen molar-refractivity contribution in [1.82, 2.24) is 10.2 Å². The van der Waals surface area contributed by atoms with E-state index >= 15 is 0 Å². The van der Waals surface area contributed by atoms with E-state index in [0.29, 0.717) is 5.11 Å². The minimum atomic E-state index is -0.389. The molecule has 0 aliphatic heterocycles. The molecule has 0 aromatic heterocycles. The van der Waals surface area contributed by atoms with E-state index in [1.54, 1.807) is 19.0 Å². The summed E-state index contributed by atoms with van der Waals surface area (Å²) in [7, 11) is 3.59. The summed E-state index contributed by atoms with van der Waals surface area (Å²) in [6.45, 7) is 5.54. The van der Waals surface area contributed by atoms with Crippen molar-refractivity contribution in [2.75, 3.05) is 14.1 Å². The maximum Gasteiger partial charge on any atom is 0.231 e. The lowest BCUT2D eigenvalue weighted by Crippen LogP contribution is -2.43. The predicted molar refractivity (Wildman–Crippen MR) is 53.9 cm³/mol. The minimum Gasteiger partial charge on any atom is -0.355 e. The third-order valence-corrected chi connectivity index (χ3v) is 1.78. The third-order valence-electron chi connectivity index (χ3n) is 1.31. The Morgan fingerprint density at radius 1 is 1.33 bits per heavy atom. The highest BCUT2D eigenvalue weighted by molar-refractivity contribution is 7.80. The molecule has 3 nitrogen and oxygen atoms in total. The molecule has 0 aromatic rings. The SMILES string of the molecule is CN(C)C(=S)NC(=O)C(C)(C)C. The molecule has 0 rings (SSSR count). The summed E-state index contributed by atoms with van der Waals surface area (Å²) in [6.07, 6.45) is 0. The standard InChI is InChI=1S/C8H16N2OS/c1-8(2,3)6(11)9-7(12)10(4)5/h1-5H3,(H,9,11,12). The van der Waals surface area contributed by atoms with Gasteiger partial charge in [-0.3, -0.25) is 4.79 Å². The second-order valence-electron chi connectivity index (χ2n) is 3.90. The van der Waals surface area contributed by atoms with Crippen molar-refractivity contribution in [2.24, 2.45) is 5.41 Å². The quantitative estimate of drug-likeness (QED) is 0.575. The highest BCUT2D eigenvalue weighted by Crippen LogP contribution is 2.12.